The van der Waals surface area contributed by atoms with Crippen LogP contribution in [-0.2, 0) is 4.79 Å². The van der Waals surface area contributed by atoms with Gasteiger partial charge in [-0.05, 0) is 37.1 Å². The lowest BCUT2D eigenvalue weighted by atomic mass is 10.1. The van der Waals surface area contributed by atoms with Crippen molar-refractivity contribution in [1.82, 2.24) is 19.9 Å². The van der Waals surface area contributed by atoms with E-state index in [-0.39, 0.29) is 11.9 Å². The number of amides is 1. The molecule has 0 radical (unpaired) electrons. The zero-order valence-corrected chi connectivity index (χ0v) is 16.3. The van der Waals surface area contributed by atoms with E-state index in [1.807, 2.05) is 53.6 Å². The molecule has 1 unspecified atom stereocenters. The molecule has 1 aromatic carbocycles. The fourth-order valence-electron chi connectivity index (χ4n) is 4.40. The number of anilines is 2. The third-order valence-electron chi connectivity index (χ3n) is 5.90. The van der Waals surface area contributed by atoms with Crippen LogP contribution in [0, 0.1) is 0 Å². The first-order valence-corrected chi connectivity index (χ1v) is 10.2. The van der Waals surface area contributed by atoms with Crippen molar-refractivity contribution >= 4 is 28.4 Å². The highest BCUT2D eigenvalue weighted by Crippen LogP contribution is 2.30. The minimum atomic E-state index is -0.144. The number of para-hydroxylation sites is 1. The van der Waals surface area contributed by atoms with Crippen LogP contribution in [0.5, 0.6) is 0 Å². The monoisotopic (exact) mass is 388 g/mol. The molecule has 0 spiro atoms. The Morgan fingerprint density at radius 2 is 1.72 bits per heavy atom. The van der Waals surface area contributed by atoms with Crippen LogP contribution in [0.3, 0.4) is 0 Å². The molecule has 2 fully saturated rings. The van der Waals surface area contributed by atoms with Gasteiger partial charge in [0.25, 0.3) is 0 Å². The average Bonchev–Trinajstić information content (AvgIpc) is 3.28. The van der Waals surface area contributed by atoms with Crippen LogP contribution in [0.15, 0.2) is 55.0 Å². The highest BCUT2D eigenvalue weighted by molar-refractivity contribution is 5.93. The summed E-state index contributed by atoms with van der Waals surface area (Å²) in [5, 5.41) is 1.01. The molecule has 148 valence electrons. The number of carbonyl (C=O) groups excluding carboxylic acids is 1. The lowest BCUT2D eigenvalue weighted by Crippen LogP contribution is -2.54. The first kappa shape index (κ1) is 17.8. The van der Waals surface area contributed by atoms with E-state index in [9.17, 15) is 4.79 Å². The molecule has 0 aliphatic carbocycles. The summed E-state index contributed by atoms with van der Waals surface area (Å²) >= 11 is 0. The van der Waals surface area contributed by atoms with Crippen molar-refractivity contribution in [3.63, 3.8) is 0 Å². The molecule has 2 saturated heterocycles. The molecule has 2 aliphatic rings. The maximum absolute atomic E-state index is 13.4. The maximum Gasteiger partial charge on any atom is 0.245 e. The van der Waals surface area contributed by atoms with Crippen molar-refractivity contribution < 1.29 is 4.79 Å². The molecule has 2 aromatic heterocycles. The topological polar surface area (TPSA) is 65.5 Å². The number of hydrogen-bond acceptors (Lipinski definition) is 6. The van der Waals surface area contributed by atoms with E-state index in [4.69, 9.17) is 0 Å². The van der Waals surface area contributed by atoms with E-state index in [0.29, 0.717) is 0 Å². The van der Waals surface area contributed by atoms with Crippen LogP contribution in [0.2, 0.25) is 0 Å². The van der Waals surface area contributed by atoms with Crippen molar-refractivity contribution in [3.8, 4) is 0 Å². The summed E-state index contributed by atoms with van der Waals surface area (Å²) in [6.07, 6.45) is 5.29. The first-order valence-electron chi connectivity index (χ1n) is 10.2. The van der Waals surface area contributed by atoms with Crippen molar-refractivity contribution in [1.29, 1.82) is 0 Å². The van der Waals surface area contributed by atoms with Crippen LogP contribution in [0.1, 0.15) is 12.8 Å². The van der Waals surface area contributed by atoms with Crippen molar-refractivity contribution in [2.24, 2.45) is 0 Å². The molecule has 1 atom stereocenters. The summed E-state index contributed by atoms with van der Waals surface area (Å²) in [7, 11) is 0. The summed E-state index contributed by atoms with van der Waals surface area (Å²) in [5.41, 5.74) is 0.916. The highest BCUT2D eigenvalue weighted by Gasteiger charge is 2.36. The van der Waals surface area contributed by atoms with Crippen LogP contribution in [0.4, 0.5) is 11.6 Å². The highest BCUT2D eigenvalue weighted by atomic mass is 16.2. The number of benzene rings is 1. The number of hydrogen-bond donors (Lipinski definition) is 0. The van der Waals surface area contributed by atoms with Gasteiger partial charge in [-0.25, -0.2) is 15.0 Å². The van der Waals surface area contributed by atoms with Crippen LogP contribution in [-0.4, -0.2) is 64.5 Å². The Bertz CT molecular complexity index is 997. The smallest absolute Gasteiger partial charge is 0.245 e. The molecule has 0 saturated carbocycles. The number of aromatic nitrogens is 3. The molecular formula is C22H24N6O. The summed E-state index contributed by atoms with van der Waals surface area (Å²) in [6.45, 7) is 3.93. The molecule has 5 rings (SSSR count). The van der Waals surface area contributed by atoms with Crippen molar-refractivity contribution in [3.05, 3.63) is 55.0 Å². The van der Waals surface area contributed by atoms with Gasteiger partial charge in [0.05, 0.1) is 5.52 Å². The number of pyridine rings is 1. The Morgan fingerprint density at radius 3 is 2.55 bits per heavy atom. The van der Waals surface area contributed by atoms with Gasteiger partial charge in [-0.2, -0.15) is 0 Å². The van der Waals surface area contributed by atoms with Crippen LogP contribution in [0.25, 0.3) is 10.9 Å². The largest absolute Gasteiger partial charge is 0.353 e. The second-order valence-electron chi connectivity index (χ2n) is 7.57. The minimum absolute atomic E-state index is 0.144. The van der Waals surface area contributed by atoms with E-state index >= 15 is 0 Å². The summed E-state index contributed by atoms with van der Waals surface area (Å²) in [4.78, 5) is 33.1. The number of carbonyl (C=O) groups is 1. The minimum Gasteiger partial charge on any atom is -0.353 e. The molecule has 7 heteroatoms. The lowest BCUT2D eigenvalue weighted by molar-refractivity contribution is -0.132. The Kier molecular flexibility index (Phi) is 4.71. The maximum atomic E-state index is 13.4. The first-order chi connectivity index (χ1) is 14.3. The van der Waals surface area contributed by atoms with E-state index in [1.165, 1.54) is 0 Å². The van der Waals surface area contributed by atoms with Crippen molar-refractivity contribution in [2.45, 2.75) is 18.9 Å². The van der Waals surface area contributed by atoms with Gasteiger partial charge in [-0.1, -0.05) is 18.2 Å². The number of piperazine rings is 1. The molecule has 29 heavy (non-hydrogen) atoms. The van der Waals surface area contributed by atoms with Gasteiger partial charge in [-0.15, -0.1) is 0 Å². The quantitative estimate of drug-likeness (QED) is 0.686. The number of rotatable bonds is 3. The second-order valence-corrected chi connectivity index (χ2v) is 7.57. The molecule has 4 heterocycles. The van der Waals surface area contributed by atoms with Crippen molar-refractivity contribution in [2.75, 3.05) is 42.5 Å². The molecular weight excluding hydrogens is 364 g/mol. The molecule has 0 N–H and O–H groups in total. The molecule has 0 bridgehead atoms. The SMILES string of the molecule is O=C(C1CCCN1c1ncnc2ccccc12)N1CCN(c2ccccn2)CC1. The zero-order valence-electron chi connectivity index (χ0n) is 16.3. The third-order valence-corrected chi connectivity index (χ3v) is 5.90. The van der Waals surface area contributed by atoms with Gasteiger partial charge in [0.15, 0.2) is 0 Å². The van der Waals surface area contributed by atoms with E-state index in [2.05, 4.69) is 24.8 Å². The molecule has 7 nitrogen and oxygen atoms in total. The number of fused-ring (bicyclic) bond motifs is 1. The van der Waals surface area contributed by atoms with Gasteiger partial charge in [-0.3, -0.25) is 4.79 Å². The van der Waals surface area contributed by atoms with Gasteiger partial charge in [0, 0.05) is 44.3 Å². The van der Waals surface area contributed by atoms with E-state index in [0.717, 1.165) is 68.1 Å². The van der Waals surface area contributed by atoms with Gasteiger partial charge < -0.3 is 14.7 Å². The third kappa shape index (κ3) is 3.37. The van der Waals surface area contributed by atoms with Crippen LogP contribution < -0.4 is 9.80 Å². The Morgan fingerprint density at radius 1 is 0.897 bits per heavy atom. The molecule has 1 amide bonds. The zero-order chi connectivity index (χ0) is 19.6. The summed E-state index contributed by atoms with van der Waals surface area (Å²) < 4.78 is 0. The molecule has 3 aromatic rings. The Hall–Kier alpha value is -3.22. The van der Waals surface area contributed by atoms with Crippen LogP contribution >= 0.6 is 0 Å². The second kappa shape index (κ2) is 7.66. The lowest BCUT2D eigenvalue weighted by Gasteiger charge is -2.38. The fourth-order valence-corrected chi connectivity index (χ4v) is 4.40. The summed E-state index contributed by atoms with van der Waals surface area (Å²) in [5.74, 6) is 2.07. The Balaban J connectivity index is 1.32. The van der Waals surface area contributed by atoms with E-state index < -0.39 is 0 Å². The average molecular weight is 388 g/mol. The van der Waals surface area contributed by atoms with Gasteiger partial charge >= 0.3 is 0 Å². The van der Waals surface area contributed by atoms with E-state index in [1.54, 1.807) is 6.33 Å². The summed E-state index contributed by atoms with van der Waals surface area (Å²) in [6, 6.07) is 13.8. The van der Waals surface area contributed by atoms with Gasteiger partial charge in [0.1, 0.15) is 24.0 Å². The standard InChI is InChI=1S/C22H24N6O/c29-22(27-14-12-26(13-15-27)20-9-3-4-10-23-20)19-8-5-11-28(19)21-17-6-1-2-7-18(17)24-16-25-21/h1-4,6-7,9-10,16,19H,5,8,11-15H2. The molecule has 2 aliphatic heterocycles. The fraction of sp³-hybridized carbons (Fsp3) is 0.364. The predicted octanol–water partition coefficient (Wildman–Crippen LogP) is 2.34. The number of nitrogens with zero attached hydrogens (tertiary/aromatic N) is 6. The van der Waals surface area contributed by atoms with Gasteiger partial charge in [0.2, 0.25) is 5.91 Å². The predicted molar refractivity (Wildman–Crippen MR) is 113 cm³/mol. The normalized spacial score (nSPS) is 19.7. The Labute approximate surface area is 170 Å².